The summed E-state index contributed by atoms with van der Waals surface area (Å²) in [6.45, 7) is 0.940. The SMILES string of the molecule is CC(=O)C(=O)[O-].O=C(O)O.[Na+]. The van der Waals surface area contributed by atoms with Gasteiger partial charge in [-0.2, -0.15) is 0 Å². The van der Waals surface area contributed by atoms with Crippen LogP contribution in [-0.4, -0.2) is 28.1 Å². The van der Waals surface area contributed by atoms with Crippen LogP contribution in [0.15, 0.2) is 0 Å². The second kappa shape index (κ2) is 9.41. The number of ketones is 1. The van der Waals surface area contributed by atoms with Gasteiger partial charge in [0.2, 0.25) is 0 Å². The van der Waals surface area contributed by atoms with E-state index in [0.717, 1.165) is 6.92 Å². The number of aliphatic carboxylic acids is 1. The van der Waals surface area contributed by atoms with Crippen molar-refractivity contribution in [2.24, 2.45) is 0 Å². The Morgan fingerprint density at radius 2 is 1.27 bits per heavy atom. The number of carboxylic acid groups (broad SMARTS) is 3. The van der Waals surface area contributed by atoms with Gasteiger partial charge in [0, 0.05) is 6.92 Å². The van der Waals surface area contributed by atoms with Gasteiger partial charge in [-0.3, -0.25) is 4.79 Å². The summed E-state index contributed by atoms with van der Waals surface area (Å²) < 4.78 is 0. The molecule has 0 heterocycles. The van der Waals surface area contributed by atoms with Crippen LogP contribution >= 0.6 is 0 Å². The molecule has 0 aliphatic heterocycles. The van der Waals surface area contributed by atoms with Gasteiger partial charge in [0.15, 0.2) is 5.78 Å². The average molecular weight is 172 g/mol. The van der Waals surface area contributed by atoms with E-state index >= 15 is 0 Å². The van der Waals surface area contributed by atoms with E-state index in [1.807, 2.05) is 0 Å². The molecule has 0 spiro atoms. The second-order valence-corrected chi connectivity index (χ2v) is 1.13. The van der Waals surface area contributed by atoms with Crippen LogP contribution in [-0.2, 0) is 9.59 Å². The van der Waals surface area contributed by atoms with E-state index < -0.39 is 17.9 Å². The van der Waals surface area contributed by atoms with Crippen LogP contribution in [0.3, 0.4) is 0 Å². The average Bonchev–Trinajstić information content (AvgIpc) is 1.63. The van der Waals surface area contributed by atoms with Crippen LogP contribution in [0.1, 0.15) is 6.92 Å². The summed E-state index contributed by atoms with van der Waals surface area (Å²) in [5, 5.41) is 23.2. The Morgan fingerprint density at radius 3 is 1.27 bits per heavy atom. The van der Waals surface area contributed by atoms with Crippen molar-refractivity contribution in [1.82, 2.24) is 0 Å². The molecular formula is C4H5NaO6. The summed E-state index contributed by atoms with van der Waals surface area (Å²) in [5.41, 5.74) is 0. The monoisotopic (exact) mass is 172 g/mol. The Labute approximate surface area is 84.1 Å². The minimum atomic E-state index is -1.83. The van der Waals surface area contributed by atoms with Crippen molar-refractivity contribution in [1.29, 1.82) is 0 Å². The predicted molar refractivity (Wildman–Crippen MR) is 26.3 cm³/mol. The molecule has 0 fully saturated rings. The largest absolute Gasteiger partial charge is 1.00 e. The molecule has 0 radical (unpaired) electrons. The summed E-state index contributed by atoms with van der Waals surface area (Å²) in [5.74, 6) is -2.56. The number of hydrogen-bond acceptors (Lipinski definition) is 4. The summed E-state index contributed by atoms with van der Waals surface area (Å²) >= 11 is 0. The van der Waals surface area contributed by atoms with E-state index in [4.69, 9.17) is 15.0 Å². The molecule has 0 aromatic rings. The molecule has 0 saturated carbocycles. The van der Waals surface area contributed by atoms with Crippen LogP contribution in [0.25, 0.3) is 0 Å². The molecular weight excluding hydrogens is 167 g/mol. The molecule has 0 aliphatic carbocycles. The smallest absolute Gasteiger partial charge is 0.542 e. The van der Waals surface area contributed by atoms with Gasteiger partial charge >= 0.3 is 35.7 Å². The fourth-order valence-electron chi connectivity index (χ4n) is 0. The zero-order valence-corrected chi connectivity index (χ0v) is 8.03. The molecule has 0 unspecified atom stereocenters. The van der Waals surface area contributed by atoms with Gasteiger partial charge in [-0.25, -0.2) is 4.79 Å². The molecule has 0 saturated heterocycles. The van der Waals surface area contributed by atoms with Gasteiger partial charge < -0.3 is 20.1 Å². The van der Waals surface area contributed by atoms with Crippen molar-refractivity contribution in [2.45, 2.75) is 6.92 Å². The fourth-order valence-corrected chi connectivity index (χ4v) is 0. The van der Waals surface area contributed by atoms with Crippen molar-refractivity contribution < 1.29 is 59.3 Å². The predicted octanol–water partition coefficient (Wildman–Crippen LogP) is -4.45. The first-order chi connectivity index (χ1) is 4.37. The van der Waals surface area contributed by atoms with Gasteiger partial charge in [0.25, 0.3) is 0 Å². The summed E-state index contributed by atoms with van der Waals surface area (Å²) in [6, 6.07) is 0. The van der Waals surface area contributed by atoms with Crippen LogP contribution in [0.2, 0.25) is 0 Å². The van der Waals surface area contributed by atoms with Crippen molar-refractivity contribution in [2.75, 3.05) is 0 Å². The van der Waals surface area contributed by atoms with Gasteiger partial charge in [-0.15, -0.1) is 0 Å². The maximum Gasteiger partial charge on any atom is 1.00 e. The Balaban J connectivity index is -0.000000114. The van der Waals surface area contributed by atoms with E-state index in [1.165, 1.54) is 0 Å². The Kier molecular flexibility index (Phi) is 14.4. The Bertz CT molecular complexity index is 137. The number of carbonyl (C=O) groups excluding carboxylic acids is 2. The minimum Gasteiger partial charge on any atom is -0.542 e. The molecule has 0 aliphatic rings. The second-order valence-electron chi connectivity index (χ2n) is 1.13. The van der Waals surface area contributed by atoms with Crippen LogP contribution in [0, 0.1) is 0 Å². The van der Waals surface area contributed by atoms with E-state index in [0.29, 0.717) is 0 Å². The van der Waals surface area contributed by atoms with Crippen molar-refractivity contribution >= 4 is 17.9 Å². The number of rotatable bonds is 1. The number of carboxylic acids is 1. The van der Waals surface area contributed by atoms with E-state index in [1.54, 1.807) is 0 Å². The van der Waals surface area contributed by atoms with Gasteiger partial charge in [0.05, 0.1) is 0 Å². The summed E-state index contributed by atoms with van der Waals surface area (Å²) in [7, 11) is 0. The Hall–Kier alpha value is -0.590. The minimum absolute atomic E-state index is 0. The van der Waals surface area contributed by atoms with Crippen molar-refractivity contribution in [3.63, 3.8) is 0 Å². The topological polar surface area (TPSA) is 115 Å². The number of carbonyl (C=O) groups is 3. The van der Waals surface area contributed by atoms with Crippen molar-refractivity contribution in [3.8, 4) is 0 Å². The molecule has 0 bridgehead atoms. The molecule has 58 valence electrons. The first kappa shape index (κ1) is 16.8. The maximum atomic E-state index is 9.48. The number of Topliss-reactive ketones (excluding diaryl/α,β-unsaturated/α-hetero) is 1. The third kappa shape index (κ3) is 44.4. The van der Waals surface area contributed by atoms with Gasteiger partial charge in [0.1, 0.15) is 5.97 Å². The standard InChI is InChI=1S/C3H4O3.CH2O3.Na/c1-2(4)3(5)6;2-1(3)4;/h1H3,(H,5,6);(H2,2,3,4);/q;;+1/p-1. The quantitative estimate of drug-likeness (QED) is 0.304. The summed E-state index contributed by atoms with van der Waals surface area (Å²) in [4.78, 5) is 27.3. The molecule has 11 heavy (non-hydrogen) atoms. The molecule has 0 amide bonds. The molecule has 0 aromatic carbocycles. The molecule has 0 aromatic heterocycles. The summed E-state index contributed by atoms with van der Waals surface area (Å²) in [6.07, 6.45) is -1.83. The Morgan fingerprint density at radius 1 is 1.18 bits per heavy atom. The first-order valence-electron chi connectivity index (χ1n) is 2.01. The van der Waals surface area contributed by atoms with Gasteiger partial charge in [-0.05, 0) is 0 Å². The fraction of sp³-hybridized carbons (Fsp3) is 0.250. The van der Waals surface area contributed by atoms with E-state index in [2.05, 4.69) is 0 Å². The van der Waals surface area contributed by atoms with Gasteiger partial charge in [-0.1, -0.05) is 0 Å². The number of hydrogen-bond donors (Lipinski definition) is 2. The zero-order valence-electron chi connectivity index (χ0n) is 6.03. The molecule has 0 atom stereocenters. The maximum absolute atomic E-state index is 9.48. The first-order valence-corrected chi connectivity index (χ1v) is 2.01. The van der Waals surface area contributed by atoms with E-state index in [-0.39, 0.29) is 29.6 Å². The van der Waals surface area contributed by atoms with E-state index in [9.17, 15) is 14.7 Å². The van der Waals surface area contributed by atoms with Crippen LogP contribution in [0.4, 0.5) is 4.79 Å². The molecule has 6 nitrogen and oxygen atoms in total. The zero-order chi connectivity index (χ0) is 8.73. The van der Waals surface area contributed by atoms with Crippen LogP contribution < -0.4 is 34.7 Å². The third-order valence-corrected chi connectivity index (χ3v) is 0.287. The van der Waals surface area contributed by atoms with Crippen LogP contribution in [0.5, 0.6) is 0 Å². The molecule has 0 rings (SSSR count). The molecule has 2 N–H and O–H groups in total. The molecule has 7 heteroatoms. The third-order valence-electron chi connectivity index (χ3n) is 0.287. The van der Waals surface area contributed by atoms with Crippen molar-refractivity contribution in [3.05, 3.63) is 0 Å². The normalized spacial score (nSPS) is 6.27.